The van der Waals surface area contributed by atoms with Crippen LogP contribution >= 0.6 is 0 Å². The molecule has 156 valence electrons. The number of fused-ring (bicyclic) bond motifs is 2. The number of H-pyrrole nitrogens is 1. The van der Waals surface area contributed by atoms with E-state index in [1.807, 2.05) is 48.7 Å². The largest absolute Gasteiger partial charge is 0.381 e. The molecule has 6 heterocycles. The van der Waals surface area contributed by atoms with Gasteiger partial charge in [0.2, 0.25) is 5.95 Å². The Balaban J connectivity index is 1.36. The lowest BCUT2D eigenvalue weighted by Gasteiger charge is -2.22. The number of hydrogen-bond donors (Lipinski definition) is 2. The Hall–Kier alpha value is -3.72. The Morgan fingerprint density at radius 3 is 2.84 bits per heavy atom. The Morgan fingerprint density at radius 2 is 2.00 bits per heavy atom. The fourth-order valence-corrected chi connectivity index (χ4v) is 4.17. The molecule has 6 rings (SSSR count). The van der Waals surface area contributed by atoms with E-state index >= 15 is 0 Å². The third-order valence-electron chi connectivity index (χ3n) is 5.84. The highest BCUT2D eigenvalue weighted by Crippen LogP contribution is 2.31. The van der Waals surface area contributed by atoms with E-state index in [0.717, 1.165) is 64.9 Å². The Bertz CT molecular complexity index is 1370. The van der Waals surface area contributed by atoms with Crippen LogP contribution in [0, 0.1) is 0 Å². The summed E-state index contributed by atoms with van der Waals surface area (Å²) in [7, 11) is 1.91. The van der Waals surface area contributed by atoms with E-state index in [-0.39, 0.29) is 0 Å². The topological polar surface area (TPSA) is 98.0 Å². The molecule has 1 aliphatic rings. The predicted octanol–water partition coefficient (Wildman–Crippen LogP) is 3.26. The van der Waals surface area contributed by atoms with Crippen LogP contribution in [0.3, 0.4) is 0 Å². The molecule has 1 aliphatic heterocycles. The van der Waals surface area contributed by atoms with Gasteiger partial charge in [-0.25, -0.2) is 9.50 Å². The molecule has 31 heavy (non-hydrogen) atoms. The number of nitrogens with one attached hydrogen (secondary N) is 2. The minimum absolute atomic E-state index is 0.357. The third-order valence-corrected chi connectivity index (χ3v) is 5.84. The predicted molar refractivity (Wildman–Crippen MR) is 118 cm³/mol. The van der Waals surface area contributed by atoms with Crippen molar-refractivity contribution in [1.29, 1.82) is 0 Å². The number of nitrogens with zero attached hydrogens (tertiary/aromatic N) is 6. The van der Waals surface area contributed by atoms with E-state index in [9.17, 15) is 0 Å². The van der Waals surface area contributed by atoms with Gasteiger partial charge in [-0.15, -0.1) is 0 Å². The number of rotatable bonds is 4. The summed E-state index contributed by atoms with van der Waals surface area (Å²) in [5, 5.41) is 13.2. The molecule has 0 amide bonds. The van der Waals surface area contributed by atoms with Crippen molar-refractivity contribution in [2.75, 3.05) is 18.5 Å². The van der Waals surface area contributed by atoms with Crippen LogP contribution < -0.4 is 5.32 Å². The molecular weight excluding hydrogens is 392 g/mol. The molecule has 2 N–H and O–H groups in total. The van der Waals surface area contributed by atoms with Crippen molar-refractivity contribution >= 4 is 22.5 Å². The third kappa shape index (κ3) is 3.23. The number of aromatic amines is 1. The first-order valence-corrected chi connectivity index (χ1v) is 10.4. The normalized spacial score (nSPS) is 15.1. The SMILES string of the molecule is Cn1cc(-c2cnn3ccc(-c4c[nH]c5nc(NC6CCOCC6)ncc45)cc23)cn1. The van der Waals surface area contributed by atoms with Gasteiger partial charge >= 0.3 is 0 Å². The first kappa shape index (κ1) is 18.1. The van der Waals surface area contributed by atoms with E-state index in [2.05, 4.69) is 42.6 Å². The van der Waals surface area contributed by atoms with E-state index in [4.69, 9.17) is 4.74 Å². The van der Waals surface area contributed by atoms with Crippen LogP contribution in [0.15, 0.2) is 49.3 Å². The fraction of sp³-hybridized carbons (Fsp3) is 0.273. The smallest absolute Gasteiger partial charge is 0.224 e. The maximum atomic E-state index is 5.42. The lowest BCUT2D eigenvalue weighted by atomic mass is 10.1. The van der Waals surface area contributed by atoms with Gasteiger partial charge in [0.15, 0.2) is 0 Å². The number of hydrogen-bond acceptors (Lipinski definition) is 6. The van der Waals surface area contributed by atoms with Crippen molar-refractivity contribution in [1.82, 2.24) is 34.3 Å². The van der Waals surface area contributed by atoms with Crippen molar-refractivity contribution in [2.24, 2.45) is 7.05 Å². The van der Waals surface area contributed by atoms with Gasteiger partial charge in [0.1, 0.15) is 5.65 Å². The second-order valence-electron chi connectivity index (χ2n) is 7.90. The molecule has 0 saturated carbocycles. The van der Waals surface area contributed by atoms with Crippen LogP contribution in [-0.4, -0.2) is 53.6 Å². The van der Waals surface area contributed by atoms with Gasteiger partial charge in [-0.3, -0.25) is 4.68 Å². The van der Waals surface area contributed by atoms with Crippen LogP contribution in [-0.2, 0) is 11.8 Å². The molecular formula is C22H22N8O. The molecule has 0 bridgehead atoms. The van der Waals surface area contributed by atoms with E-state index < -0.39 is 0 Å². The van der Waals surface area contributed by atoms with E-state index in [0.29, 0.717) is 12.0 Å². The van der Waals surface area contributed by atoms with Gasteiger partial charge in [0.25, 0.3) is 0 Å². The molecule has 0 unspecified atom stereocenters. The van der Waals surface area contributed by atoms with Gasteiger partial charge in [-0.05, 0) is 30.5 Å². The van der Waals surface area contributed by atoms with E-state index in [1.54, 1.807) is 4.68 Å². The zero-order chi connectivity index (χ0) is 20.8. The monoisotopic (exact) mass is 414 g/mol. The first-order valence-electron chi connectivity index (χ1n) is 10.4. The summed E-state index contributed by atoms with van der Waals surface area (Å²) in [4.78, 5) is 12.6. The molecule has 1 saturated heterocycles. The highest BCUT2D eigenvalue weighted by Gasteiger charge is 2.16. The zero-order valence-electron chi connectivity index (χ0n) is 17.1. The molecule has 0 aromatic carbocycles. The minimum atomic E-state index is 0.357. The quantitative estimate of drug-likeness (QED) is 0.468. The van der Waals surface area contributed by atoms with Gasteiger partial charge in [0, 0.05) is 73.2 Å². The number of anilines is 1. The van der Waals surface area contributed by atoms with E-state index in [1.165, 1.54) is 0 Å². The molecule has 5 aromatic heterocycles. The van der Waals surface area contributed by atoms with Crippen molar-refractivity contribution in [3.63, 3.8) is 0 Å². The van der Waals surface area contributed by atoms with Gasteiger partial charge in [-0.2, -0.15) is 15.2 Å². The molecule has 9 heteroatoms. The molecule has 0 spiro atoms. The lowest BCUT2D eigenvalue weighted by molar-refractivity contribution is 0.0903. The van der Waals surface area contributed by atoms with Gasteiger partial charge < -0.3 is 15.0 Å². The number of aromatic nitrogens is 7. The Kier molecular flexibility index (Phi) is 4.20. The van der Waals surface area contributed by atoms with Crippen molar-refractivity contribution in [3.8, 4) is 22.3 Å². The zero-order valence-corrected chi connectivity index (χ0v) is 17.1. The number of aryl methyl sites for hydroxylation is 1. The molecule has 0 atom stereocenters. The first-order chi connectivity index (χ1) is 15.2. The fourth-order valence-electron chi connectivity index (χ4n) is 4.17. The standard InChI is InChI=1S/C22H22N8O/c1-29-13-15(9-25-29)18-12-26-30-5-2-14(8-20(18)30)17-10-23-21-19(17)11-24-22(28-21)27-16-3-6-31-7-4-16/h2,5,8-13,16H,3-4,6-7H2,1H3,(H2,23,24,27,28). The molecule has 5 aromatic rings. The Labute approximate surface area is 178 Å². The summed E-state index contributed by atoms with van der Waals surface area (Å²) < 4.78 is 9.10. The Morgan fingerprint density at radius 1 is 1.10 bits per heavy atom. The highest BCUT2D eigenvalue weighted by atomic mass is 16.5. The van der Waals surface area contributed by atoms with Gasteiger partial charge in [-0.1, -0.05) is 0 Å². The van der Waals surface area contributed by atoms with Crippen molar-refractivity contribution < 1.29 is 4.74 Å². The summed E-state index contributed by atoms with van der Waals surface area (Å²) in [5.41, 5.74) is 6.08. The lowest BCUT2D eigenvalue weighted by Crippen LogP contribution is -2.28. The summed E-state index contributed by atoms with van der Waals surface area (Å²) in [6.45, 7) is 1.56. The molecule has 9 nitrogen and oxygen atoms in total. The maximum absolute atomic E-state index is 5.42. The molecule has 0 radical (unpaired) electrons. The summed E-state index contributed by atoms with van der Waals surface area (Å²) in [6, 6.07) is 4.56. The van der Waals surface area contributed by atoms with Crippen LogP contribution in [0.5, 0.6) is 0 Å². The van der Waals surface area contributed by atoms with Gasteiger partial charge in [0.05, 0.1) is 17.9 Å². The molecule has 1 fully saturated rings. The molecule has 0 aliphatic carbocycles. The minimum Gasteiger partial charge on any atom is -0.381 e. The number of pyridine rings is 1. The average Bonchev–Trinajstić information content (AvgIpc) is 3.51. The van der Waals surface area contributed by atoms with Crippen LogP contribution in [0.25, 0.3) is 38.8 Å². The number of ether oxygens (including phenoxy) is 1. The summed E-state index contributed by atoms with van der Waals surface area (Å²) >= 11 is 0. The maximum Gasteiger partial charge on any atom is 0.224 e. The summed E-state index contributed by atoms with van der Waals surface area (Å²) in [5.74, 6) is 0.651. The van der Waals surface area contributed by atoms with Crippen LogP contribution in [0.4, 0.5) is 5.95 Å². The average molecular weight is 414 g/mol. The highest BCUT2D eigenvalue weighted by molar-refractivity contribution is 5.95. The van der Waals surface area contributed by atoms with Crippen molar-refractivity contribution in [2.45, 2.75) is 18.9 Å². The van der Waals surface area contributed by atoms with Crippen molar-refractivity contribution in [3.05, 3.63) is 49.3 Å². The summed E-state index contributed by atoms with van der Waals surface area (Å²) in [6.07, 6.45) is 13.5. The van der Waals surface area contributed by atoms with Crippen LogP contribution in [0.1, 0.15) is 12.8 Å². The second kappa shape index (κ2) is 7.21. The van der Waals surface area contributed by atoms with Crippen LogP contribution in [0.2, 0.25) is 0 Å². The second-order valence-corrected chi connectivity index (χ2v) is 7.90.